The van der Waals surface area contributed by atoms with Gasteiger partial charge < -0.3 is 4.42 Å². The summed E-state index contributed by atoms with van der Waals surface area (Å²) >= 11 is 3.33. The van der Waals surface area contributed by atoms with E-state index >= 15 is 0 Å². The third-order valence-electron chi connectivity index (χ3n) is 17.8. The van der Waals surface area contributed by atoms with Crippen LogP contribution in [0, 0.1) is 20.8 Å². The van der Waals surface area contributed by atoms with E-state index in [4.69, 9.17) is 4.42 Å². The van der Waals surface area contributed by atoms with Gasteiger partial charge in [-0.1, -0.05) is 185 Å². The number of benzene rings is 3. The normalized spacial score (nSPS) is 11.3. The smallest absolute Gasteiger partial charge is 0.247 e. The number of pyridine rings is 5. The predicted molar refractivity (Wildman–Crippen MR) is 480 cm³/mol. The van der Waals surface area contributed by atoms with Crippen LogP contribution < -0.4 is 0 Å². The van der Waals surface area contributed by atoms with E-state index in [1.807, 2.05) is 123 Å². The van der Waals surface area contributed by atoms with E-state index in [0.29, 0.717) is 75.7 Å². The molecule has 30 nitrogen and oxygen atoms in total. The first kappa shape index (κ1) is 102. The number of hydrogen-bond acceptors (Lipinski definition) is 27. The van der Waals surface area contributed by atoms with E-state index in [2.05, 4.69) is 226 Å². The molecule has 13 rings (SSSR count). The van der Waals surface area contributed by atoms with Gasteiger partial charge in [0.25, 0.3) is 0 Å². The molecule has 35 heteroatoms. The molecule has 13 aromatic rings. The van der Waals surface area contributed by atoms with Gasteiger partial charge in [0.2, 0.25) is 17.6 Å². The fourth-order valence-electron chi connectivity index (χ4n) is 10.4. The Morgan fingerprint density at radius 3 is 1.23 bits per heavy atom. The van der Waals surface area contributed by atoms with E-state index in [9.17, 15) is 33.7 Å². The van der Waals surface area contributed by atoms with Crippen LogP contribution in [0.3, 0.4) is 0 Å². The molecular weight excluding hydrogens is 1690 g/mol. The molecule has 0 fully saturated rings. The maximum absolute atomic E-state index is 11.2. The van der Waals surface area contributed by atoms with E-state index in [1.165, 1.54) is 80.9 Å². The molecule has 0 unspecified atom stereocenters. The van der Waals surface area contributed by atoms with Crippen molar-refractivity contribution in [1.82, 2.24) is 106 Å². The van der Waals surface area contributed by atoms with Gasteiger partial charge >= 0.3 is 0 Å². The summed E-state index contributed by atoms with van der Waals surface area (Å²) in [6.07, 6.45) is 18.6. The summed E-state index contributed by atoms with van der Waals surface area (Å²) in [4.78, 5) is 30.7. The number of tetrazole rings is 3. The molecule has 10 aromatic heterocycles. The standard InChI is InChI=1S/C13H16N2O.C11H14N4.C10H12N4.C10H15NO2S.C9H11N5.2C9H13NO2S.C8H10BrN.C8H12N2O2S/c1-8(2)11-5-6-12(9(3)7-11)13-15-14-10(4)16-13;1-8(2)9-4-6-10(7-5-9)11-12-14-15(3)13-11;1-8(2)9-3-5-10(6-4-9)14-7-11-12-13-14;1-7(2)10-8(3)5-9(6-11-10)14(4,12)13;1-7(2)8-3-4-9(10-5-8)14-6-11-12-13-14;1-7(2)9-5-4-8(6-10-9)13(3,11)12;1-7(2)8-4-5-9(10-6-8)13(3,11)12;1-6(2)8-4-3-7(9)5-10-8;1-6(2)8-9-4-7(5-10-8)13(3,11)12/h5-8H,1-4H3;4-8H,1-3H3;3-8H,1-2H3;5-7H,1-4H3;3-7H,1-2H3;2*4-7H,1-3H3;3-6H,1-2H3;4-6H,1-3H3. The maximum Gasteiger partial charge on any atom is 0.247 e. The second-order valence-corrected chi connectivity index (χ2v) is 40.3. The van der Waals surface area contributed by atoms with Crippen LogP contribution >= 0.6 is 15.9 Å². The summed E-state index contributed by atoms with van der Waals surface area (Å²) < 4.78 is 98.4. The van der Waals surface area contributed by atoms with Gasteiger partial charge in [-0.3, -0.25) is 15.0 Å². The van der Waals surface area contributed by atoms with Gasteiger partial charge in [-0.05, 0) is 203 Å². The van der Waals surface area contributed by atoms with Crippen molar-refractivity contribution >= 4 is 55.3 Å². The second-order valence-electron chi connectivity index (χ2n) is 31.4. The number of sulfone groups is 4. The van der Waals surface area contributed by atoms with E-state index in [0.717, 1.165) is 67.8 Å². The van der Waals surface area contributed by atoms with Crippen LogP contribution in [0.4, 0.5) is 0 Å². The Kier molecular flexibility index (Phi) is 39.6. The summed E-state index contributed by atoms with van der Waals surface area (Å²) in [5, 5.41) is 41.8. The third-order valence-corrected chi connectivity index (χ3v) is 22.5. The number of aryl methyl sites for hydroxylation is 4. The molecule has 0 atom stereocenters. The van der Waals surface area contributed by atoms with Crippen LogP contribution in [0.1, 0.15) is 246 Å². The van der Waals surface area contributed by atoms with Gasteiger partial charge in [-0.25, -0.2) is 58.3 Å². The molecule has 0 radical (unpaired) electrons. The summed E-state index contributed by atoms with van der Waals surface area (Å²) in [6, 6.07) is 39.2. The highest BCUT2D eigenvalue weighted by Gasteiger charge is 2.16. The molecule has 0 spiro atoms. The van der Waals surface area contributed by atoms with Gasteiger partial charge in [-0.15, -0.1) is 30.6 Å². The molecular formula is C87H116BrN21O9S4. The van der Waals surface area contributed by atoms with Gasteiger partial charge in [0.1, 0.15) is 23.4 Å². The van der Waals surface area contributed by atoms with Crippen LogP contribution in [0.25, 0.3) is 34.3 Å². The quantitative estimate of drug-likeness (QED) is 0.0817. The van der Waals surface area contributed by atoms with E-state index < -0.39 is 39.3 Å². The van der Waals surface area contributed by atoms with Crippen molar-refractivity contribution in [3.63, 3.8) is 0 Å². The number of aromatic nitrogens is 21. The molecule has 0 bridgehead atoms. The maximum atomic E-state index is 11.2. The SMILES string of the molecule is CC(C)c1ccc(-c2nnn(C)n2)cc1.CC(C)c1ccc(-n2cnnn2)cc1.CC(C)c1ccc(-n2cnnn2)nc1.CC(C)c1ccc(Br)cn1.CC(C)c1ccc(S(C)(=O)=O)cn1.CC(C)c1ccc(S(C)(=O)=O)nc1.CC(C)c1ncc(S(C)(=O)=O)cn1.Cc1cc(S(C)(=O)=O)cnc1C(C)C.Cc1nnc(-c2ccc(C(C)C)cc2C)o1. The number of halogens is 1. The first-order valence-electron chi connectivity index (χ1n) is 39.4. The minimum atomic E-state index is -3.17. The average Bonchev–Trinajstić information content (AvgIpc) is 0.967. The molecule has 0 aliphatic carbocycles. The van der Waals surface area contributed by atoms with Gasteiger partial charge in [0.05, 0.1) is 22.5 Å². The predicted octanol–water partition coefficient (Wildman–Crippen LogP) is 17.5. The molecule has 0 saturated carbocycles. The Labute approximate surface area is 728 Å². The van der Waals surface area contributed by atoms with Crippen molar-refractivity contribution < 1.29 is 38.1 Å². The summed E-state index contributed by atoms with van der Waals surface area (Å²) in [5.41, 5.74) is 14.4. The zero-order chi connectivity index (χ0) is 91.1. The molecule has 654 valence electrons. The Balaban J connectivity index is 0.000000245. The third kappa shape index (κ3) is 34.2. The monoisotopic (exact) mass is 1810 g/mol. The van der Waals surface area contributed by atoms with E-state index in [-0.39, 0.29) is 20.7 Å². The second kappa shape index (κ2) is 47.5. The van der Waals surface area contributed by atoms with Crippen molar-refractivity contribution in [3.05, 3.63) is 250 Å². The minimum Gasteiger partial charge on any atom is -0.421 e. The Hall–Kier alpha value is -10.9. The Morgan fingerprint density at radius 1 is 0.377 bits per heavy atom. The summed E-state index contributed by atoms with van der Waals surface area (Å²) in [7, 11) is -10.8. The van der Waals surface area contributed by atoms with Crippen molar-refractivity contribution in [2.75, 3.05) is 25.0 Å². The lowest BCUT2D eigenvalue weighted by Gasteiger charge is -2.09. The molecule has 10 heterocycles. The molecule has 122 heavy (non-hydrogen) atoms. The summed E-state index contributed by atoms with van der Waals surface area (Å²) in [5.74, 6) is 7.17. The lowest BCUT2D eigenvalue weighted by Crippen LogP contribution is -2.02. The fraction of sp³-hybridized carbons (Fsp3) is 0.402. The molecule has 3 aromatic carbocycles. The lowest BCUT2D eigenvalue weighted by molar-refractivity contribution is 0.532. The first-order valence-corrected chi connectivity index (χ1v) is 47.8. The molecule has 0 aliphatic heterocycles. The highest BCUT2D eigenvalue weighted by atomic mass is 79.9. The largest absolute Gasteiger partial charge is 0.421 e. The number of hydrogen-bond donors (Lipinski definition) is 0. The molecule has 0 aliphatic rings. The Morgan fingerprint density at radius 2 is 0.852 bits per heavy atom. The van der Waals surface area contributed by atoms with Crippen molar-refractivity contribution in [2.24, 2.45) is 7.05 Å². The molecule has 0 amide bonds. The van der Waals surface area contributed by atoms with Crippen molar-refractivity contribution in [3.8, 4) is 34.3 Å². The van der Waals surface area contributed by atoms with Crippen LogP contribution in [-0.2, 0) is 46.4 Å². The zero-order valence-electron chi connectivity index (χ0n) is 74.5. The van der Waals surface area contributed by atoms with Crippen molar-refractivity contribution in [1.29, 1.82) is 0 Å². The van der Waals surface area contributed by atoms with Gasteiger partial charge in [0, 0.05) is 114 Å². The minimum absolute atomic E-state index is 0.136. The highest BCUT2D eigenvalue weighted by Crippen LogP contribution is 2.28. The van der Waals surface area contributed by atoms with Crippen LogP contribution in [0.2, 0.25) is 0 Å². The van der Waals surface area contributed by atoms with Gasteiger partial charge in [0.15, 0.2) is 50.2 Å². The van der Waals surface area contributed by atoms with Crippen LogP contribution in [-0.4, -0.2) is 164 Å². The van der Waals surface area contributed by atoms with Crippen LogP contribution in [0.5, 0.6) is 0 Å². The molecule has 0 saturated heterocycles. The first-order chi connectivity index (χ1) is 57.0. The van der Waals surface area contributed by atoms with E-state index in [1.54, 1.807) is 61.5 Å². The fourth-order valence-corrected chi connectivity index (χ4v) is 12.8. The molecule has 0 N–H and O–H groups in total. The average molecular weight is 1810 g/mol. The lowest BCUT2D eigenvalue weighted by atomic mass is 9.98. The highest BCUT2D eigenvalue weighted by molar-refractivity contribution is 9.10. The Bertz CT molecular complexity index is 5510. The number of rotatable bonds is 17. The summed E-state index contributed by atoms with van der Waals surface area (Å²) in [6.45, 7) is 43.5. The van der Waals surface area contributed by atoms with Crippen LogP contribution in [0.15, 0.2) is 206 Å². The number of nitrogens with zero attached hydrogens (tertiary/aromatic N) is 21. The zero-order valence-corrected chi connectivity index (χ0v) is 79.4. The van der Waals surface area contributed by atoms with Gasteiger partial charge in [-0.2, -0.15) is 9.48 Å². The topological polar surface area (TPSA) is 397 Å². The van der Waals surface area contributed by atoms with Crippen molar-refractivity contribution in [2.45, 2.75) is 218 Å².